The highest BCUT2D eigenvalue weighted by Gasteiger charge is 2.16. The van der Waals surface area contributed by atoms with Crippen molar-refractivity contribution in [2.45, 2.75) is 13.5 Å². The maximum atomic E-state index is 11.7. The zero-order valence-corrected chi connectivity index (χ0v) is 18.7. The highest BCUT2D eigenvalue weighted by molar-refractivity contribution is 6.02. The molecule has 0 aliphatic heterocycles. The van der Waals surface area contributed by atoms with Gasteiger partial charge in [0.25, 0.3) is 0 Å². The van der Waals surface area contributed by atoms with Gasteiger partial charge >= 0.3 is 0 Å². The minimum atomic E-state index is 0.0574. The Balaban J connectivity index is 1.69. The number of hydrogen-bond acceptors (Lipinski definition) is 3. The van der Waals surface area contributed by atoms with E-state index in [1.807, 2.05) is 48.7 Å². The molecule has 5 aromatic rings. The third kappa shape index (κ3) is 4.03. The topological polar surface area (TPSA) is 44.1 Å². The third-order valence-corrected chi connectivity index (χ3v) is 5.95. The van der Waals surface area contributed by atoms with E-state index in [2.05, 4.69) is 53.2 Å². The van der Waals surface area contributed by atoms with E-state index >= 15 is 0 Å². The molecule has 2 heterocycles. The first-order valence-electron chi connectivity index (χ1n) is 10.9. The predicted molar refractivity (Wildman–Crippen MR) is 133 cm³/mol. The molecule has 3 aromatic carbocycles. The van der Waals surface area contributed by atoms with Gasteiger partial charge < -0.3 is 9.30 Å². The molecular formula is C29H24N2O2. The van der Waals surface area contributed by atoms with Gasteiger partial charge in [0.15, 0.2) is 5.78 Å². The fraction of sp³-hybridized carbons (Fsp3) is 0.103. The maximum Gasteiger partial charge on any atom is 0.159 e. The summed E-state index contributed by atoms with van der Waals surface area (Å²) in [5, 5.41) is 1.15. The number of carbonyl (C=O) groups excluding carboxylic acids is 1. The normalized spacial score (nSPS) is 11.0. The van der Waals surface area contributed by atoms with Crippen molar-refractivity contribution in [3.05, 3.63) is 108 Å². The molecule has 162 valence electrons. The van der Waals surface area contributed by atoms with Crippen molar-refractivity contribution in [1.29, 1.82) is 0 Å². The van der Waals surface area contributed by atoms with Crippen molar-refractivity contribution >= 4 is 16.7 Å². The van der Waals surface area contributed by atoms with E-state index < -0.39 is 0 Å². The molecule has 2 aromatic heterocycles. The minimum Gasteiger partial charge on any atom is -0.497 e. The van der Waals surface area contributed by atoms with Gasteiger partial charge in [0, 0.05) is 41.0 Å². The lowest BCUT2D eigenvalue weighted by molar-refractivity contribution is 0.101. The summed E-state index contributed by atoms with van der Waals surface area (Å²) in [4.78, 5) is 16.5. The summed E-state index contributed by atoms with van der Waals surface area (Å²) in [7, 11) is 1.68. The van der Waals surface area contributed by atoms with Crippen molar-refractivity contribution in [1.82, 2.24) is 9.55 Å². The Morgan fingerprint density at radius 3 is 2.27 bits per heavy atom. The molecule has 5 rings (SSSR count). The maximum absolute atomic E-state index is 11.7. The standard InChI is InChI=1S/C29H24N2O2/c1-20(32)22-10-12-24(13-11-22)28-29-26(16-17-30-28)27(23-6-4-3-5-7-23)19-31(29)18-21-8-14-25(33-2)15-9-21/h3-17,19H,18H2,1-2H3. The van der Waals surface area contributed by atoms with Crippen LogP contribution in [0.1, 0.15) is 22.8 Å². The van der Waals surface area contributed by atoms with Crippen LogP contribution in [0.5, 0.6) is 5.75 Å². The molecular weight excluding hydrogens is 408 g/mol. The first kappa shape index (κ1) is 20.7. The molecule has 0 atom stereocenters. The van der Waals surface area contributed by atoms with Crippen LogP contribution < -0.4 is 4.74 Å². The van der Waals surface area contributed by atoms with E-state index in [1.54, 1.807) is 14.0 Å². The van der Waals surface area contributed by atoms with E-state index in [0.717, 1.165) is 27.9 Å². The number of Topliss-reactive ketones (excluding diaryl/α,β-unsaturated/α-hetero) is 1. The average Bonchev–Trinajstić information content (AvgIpc) is 3.23. The summed E-state index contributed by atoms with van der Waals surface area (Å²) in [6.07, 6.45) is 4.07. The van der Waals surface area contributed by atoms with Crippen molar-refractivity contribution in [3.8, 4) is 28.1 Å². The van der Waals surface area contributed by atoms with Gasteiger partial charge in [-0.3, -0.25) is 9.78 Å². The number of fused-ring (bicyclic) bond motifs is 1. The molecule has 0 spiro atoms. The second kappa shape index (κ2) is 8.75. The highest BCUT2D eigenvalue weighted by Crippen LogP contribution is 2.36. The molecule has 0 N–H and O–H groups in total. The Hall–Kier alpha value is -4.18. The molecule has 0 amide bonds. The van der Waals surface area contributed by atoms with Gasteiger partial charge in [-0.25, -0.2) is 0 Å². The lowest BCUT2D eigenvalue weighted by Gasteiger charge is -2.10. The minimum absolute atomic E-state index is 0.0574. The number of methoxy groups -OCH3 is 1. The van der Waals surface area contributed by atoms with Crippen LogP contribution in [0.2, 0.25) is 0 Å². The summed E-state index contributed by atoms with van der Waals surface area (Å²) in [6, 6.07) is 28.3. The number of aromatic nitrogens is 2. The Labute approximate surface area is 193 Å². The molecule has 0 unspecified atom stereocenters. The van der Waals surface area contributed by atoms with Gasteiger partial charge in [-0.15, -0.1) is 0 Å². The van der Waals surface area contributed by atoms with Crippen LogP contribution in [0.25, 0.3) is 33.3 Å². The van der Waals surface area contributed by atoms with E-state index in [1.165, 1.54) is 16.7 Å². The number of pyridine rings is 1. The average molecular weight is 433 g/mol. The number of rotatable bonds is 6. The first-order chi connectivity index (χ1) is 16.1. The lowest BCUT2D eigenvalue weighted by atomic mass is 10.0. The Bertz CT molecular complexity index is 1420. The molecule has 0 bridgehead atoms. The molecule has 0 aliphatic carbocycles. The second-order valence-corrected chi connectivity index (χ2v) is 8.07. The van der Waals surface area contributed by atoms with E-state index in [0.29, 0.717) is 12.1 Å². The van der Waals surface area contributed by atoms with E-state index in [-0.39, 0.29) is 5.78 Å². The molecule has 0 aliphatic rings. The quantitative estimate of drug-likeness (QED) is 0.283. The van der Waals surface area contributed by atoms with E-state index in [4.69, 9.17) is 9.72 Å². The van der Waals surface area contributed by atoms with Crippen molar-refractivity contribution in [2.75, 3.05) is 7.11 Å². The molecule has 4 nitrogen and oxygen atoms in total. The van der Waals surface area contributed by atoms with E-state index in [9.17, 15) is 4.79 Å². The summed E-state index contributed by atoms with van der Waals surface area (Å²) in [6.45, 7) is 2.29. The third-order valence-electron chi connectivity index (χ3n) is 5.95. The van der Waals surface area contributed by atoms with Crippen molar-refractivity contribution < 1.29 is 9.53 Å². The Kier molecular flexibility index (Phi) is 5.49. The fourth-order valence-corrected chi connectivity index (χ4v) is 4.23. The van der Waals surface area contributed by atoms with Crippen LogP contribution in [-0.2, 0) is 6.54 Å². The summed E-state index contributed by atoms with van der Waals surface area (Å²) in [5.41, 5.74) is 7.17. The number of carbonyl (C=O) groups is 1. The molecule has 33 heavy (non-hydrogen) atoms. The van der Waals surface area contributed by atoms with Crippen LogP contribution in [0.3, 0.4) is 0 Å². The number of ether oxygens (including phenoxy) is 1. The first-order valence-corrected chi connectivity index (χ1v) is 10.9. The lowest BCUT2D eigenvalue weighted by Crippen LogP contribution is -2.00. The summed E-state index contributed by atoms with van der Waals surface area (Å²) < 4.78 is 7.58. The van der Waals surface area contributed by atoms with Crippen LogP contribution >= 0.6 is 0 Å². The van der Waals surface area contributed by atoms with Gasteiger partial charge in [0.1, 0.15) is 5.75 Å². The summed E-state index contributed by atoms with van der Waals surface area (Å²) >= 11 is 0. The summed E-state index contributed by atoms with van der Waals surface area (Å²) in [5.74, 6) is 0.899. The molecule has 0 fully saturated rings. The van der Waals surface area contributed by atoms with Crippen LogP contribution in [0.15, 0.2) is 97.3 Å². The predicted octanol–water partition coefficient (Wildman–Crippen LogP) is 6.63. The van der Waals surface area contributed by atoms with Crippen LogP contribution in [0, 0.1) is 0 Å². The Morgan fingerprint density at radius 1 is 0.879 bits per heavy atom. The number of nitrogens with zero attached hydrogens (tertiary/aromatic N) is 2. The SMILES string of the molecule is COc1ccc(Cn2cc(-c3ccccc3)c3ccnc(-c4ccc(C(C)=O)cc4)c32)cc1. The zero-order valence-electron chi connectivity index (χ0n) is 18.7. The largest absolute Gasteiger partial charge is 0.497 e. The molecule has 4 heteroatoms. The monoisotopic (exact) mass is 432 g/mol. The molecule has 0 radical (unpaired) electrons. The number of benzene rings is 3. The Morgan fingerprint density at radius 2 is 1.61 bits per heavy atom. The van der Waals surface area contributed by atoms with Crippen molar-refractivity contribution in [2.24, 2.45) is 0 Å². The number of hydrogen-bond donors (Lipinski definition) is 0. The number of ketones is 1. The van der Waals surface area contributed by atoms with Gasteiger partial charge in [0.2, 0.25) is 0 Å². The van der Waals surface area contributed by atoms with Gasteiger partial charge in [-0.2, -0.15) is 0 Å². The van der Waals surface area contributed by atoms with Crippen LogP contribution in [0.4, 0.5) is 0 Å². The van der Waals surface area contributed by atoms with Gasteiger partial charge in [-0.05, 0) is 36.2 Å². The fourth-order valence-electron chi connectivity index (χ4n) is 4.23. The zero-order chi connectivity index (χ0) is 22.8. The van der Waals surface area contributed by atoms with Crippen LogP contribution in [-0.4, -0.2) is 22.4 Å². The molecule has 0 saturated heterocycles. The molecule has 0 saturated carbocycles. The smallest absolute Gasteiger partial charge is 0.159 e. The van der Waals surface area contributed by atoms with Gasteiger partial charge in [-0.1, -0.05) is 66.7 Å². The highest BCUT2D eigenvalue weighted by atomic mass is 16.5. The van der Waals surface area contributed by atoms with Gasteiger partial charge in [0.05, 0.1) is 18.3 Å². The van der Waals surface area contributed by atoms with Crippen molar-refractivity contribution in [3.63, 3.8) is 0 Å². The second-order valence-electron chi connectivity index (χ2n) is 8.07.